The summed E-state index contributed by atoms with van der Waals surface area (Å²) in [5, 5.41) is 24.5. The molecule has 0 radical (unpaired) electrons. The van der Waals surface area contributed by atoms with Crippen LogP contribution >= 0.6 is 0 Å². The zero-order valence-corrected chi connectivity index (χ0v) is 15.1. The Bertz CT molecular complexity index is 1040. The number of non-ortho nitro benzene ring substituents is 1. The average molecular weight is 470 g/mol. The molecule has 0 bridgehead atoms. The lowest BCUT2D eigenvalue weighted by molar-refractivity contribution is -0.394. The molecule has 0 fully saturated rings. The number of alkyl halides is 7. The second kappa shape index (κ2) is 8.64. The summed E-state index contributed by atoms with van der Waals surface area (Å²) in [6, 6.07) is 1.35. The summed E-state index contributed by atoms with van der Waals surface area (Å²) in [5.41, 5.74) is -0.879. The molecule has 0 saturated heterocycles. The van der Waals surface area contributed by atoms with Gasteiger partial charge in [0, 0.05) is 6.07 Å². The normalized spacial score (nSPS) is 12.6. The molecular formula is C16H9F7N4O5. The van der Waals surface area contributed by atoms with E-state index in [1.54, 1.807) is 0 Å². The first-order chi connectivity index (χ1) is 14.7. The molecule has 9 nitrogen and oxygen atoms in total. The first kappa shape index (κ1) is 24.3. The molecule has 0 atom stereocenters. The molecule has 16 heteroatoms. The third-order valence-electron chi connectivity index (χ3n) is 3.63. The number of hydrogen-bond donors (Lipinski definition) is 1. The van der Waals surface area contributed by atoms with Crippen molar-refractivity contribution < 1.29 is 45.3 Å². The van der Waals surface area contributed by atoms with Gasteiger partial charge in [-0.1, -0.05) is 0 Å². The van der Waals surface area contributed by atoms with Crippen LogP contribution in [0.25, 0.3) is 0 Å². The predicted octanol–water partition coefficient (Wildman–Crippen LogP) is 5.01. The number of halogens is 7. The van der Waals surface area contributed by atoms with Gasteiger partial charge in [-0.3, -0.25) is 20.2 Å². The van der Waals surface area contributed by atoms with Gasteiger partial charge in [-0.15, -0.1) is 0 Å². The summed E-state index contributed by atoms with van der Waals surface area (Å²) in [4.78, 5) is 20.0. The van der Waals surface area contributed by atoms with Crippen molar-refractivity contribution in [3.8, 4) is 11.5 Å². The van der Waals surface area contributed by atoms with Crippen LogP contribution in [0.3, 0.4) is 0 Å². The van der Waals surface area contributed by atoms with Crippen molar-refractivity contribution >= 4 is 17.6 Å². The number of nitro benzene ring substituents is 2. The van der Waals surface area contributed by atoms with Crippen LogP contribution in [0.1, 0.15) is 5.56 Å². The Hall–Kier alpha value is -3.98. The van der Waals surface area contributed by atoms with Crippen LogP contribution in [-0.4, -0.2) is 34.2 Å². The van der Waals surface area contributed by atoms with Crippen LogP contribution in [0, 0.1) is 20.2 Å². The second-order valence-corrected chi connectivity index (χ2v) is 5.85. The van der Waals surface area contributed by atoms with E-state index in [0.717, 1.165) is 36.4 Å². The number of rotatable bonds is 8. The number of nitro groups is 2. The highest BCUT2D eigenvalue weighted by molar-refractivity contribution is 5.79. The molecular weight excluding hydrogens is 461 g/mol. The van der Waals surface area contributed by atoms with Crippen molar-refractivity contribution in [1.29, 1.82) is 0 Å². The Morgan fingerprint density at radius 1 is 0.906 bits per heavy atom. The molecule has 0 heterocycles. The van der Waals surface area contributed by atoms with Gasteiger partial charge in [-0.25, -0.2) is 5.43 Å². The highest BCUT2D eigenvalue weighted by Crippen LogP contribution is 2.45. The zero-order chi connectivity index (χ0) is 24.3. The molecule has 0 aliphatic rings. The number of ether oxygens (including phenoxy) is 1. The lowest BCUT2D eigenvalue weighted by Gasteiger charge is -2.27. The topological polar surface area (TPSA) is 120 Å². The molecule has 2 rings (SSSR count). The fourth-order valence-corrected chi connectivity index (χ4v) is 2.03. The molecule has 0 aromatic heterocycles. The van der Waals surface area contributed by atoms with Crippen LogP contribution in [0.5, 0.6) is 11.5 Å². The van der Waals surface area contributed by atoms with E-state index >= 15 is 0 Å². The molecule has 0 saturated carbocycles. The monoisotopic (exact) mass is 470 g/mol. The summed E-state index contributed by atoms with van der Waals surface area (Å²) in [6.45, 7) is 0. The van der Waals surface area contributed by atoms with Gasteiger partial charge in [0.15, 0.2) is 0 Å². The number of nitrogens with zero attached hydrogens (tertiary/aromatic N) is 3. The molecule has 172 valence electrons. The minimum Gasteiger partial charge on any atom is -0.450 e. The van der Waals surface area contributed by atoms with Crippen LogP contribution in [0.15, 0.2) is 47.6 Å². The van der Waals surface area contributed by atoms with Crippen molar-refractivity contribution in [1.82, 2.24) is 5.43 Å². The Morgan fingerprint density at radius 3 is 2.00 bits per heavy atom. The van der Waals surface area contributed by atoms with E-state index in [0.29, 0.717) is 17.7 Å². The fourth-order valence-electron chi connectivity index (χ4n) is 2.03. The van der Waals surface area contributed by atoms with E-state index in [2.05, 4.69) is 5.10 Å². The number of hydrazone groups is 1. The Balaban J connectivity index is 2.13. The maximum Gasteiger partial charge on any atom is 0.462 e. The van der Waals surface area contributed by atoms with Crippen LogP contribution in [-0.2, 0) is 0 Å². The van der Waals surface area contributed by atoms with E-state index in [1.807, 2.05) is 0 Å². The number of benzene rings is 2. The lowest BCUT2D eigenvalue weighted by atomic mass is 10.2. The van der Waals surface area contributed by atoms with Crippen molar-refractivity contribution in [2.75, 3.05) is 0 Å². The summed E-state index contributed by atoms with van der Waals surface area (Å²) in [7, 11) is 0. The van der Waals surface area contributed by atoms with E-state index in [-0.39, 0.29) is 17.1 Å². The fraction of sp³-hybridized carbons (Fsp3) is 0.188. The Morgan fingerprint density at radius 2 is 1.50 bits per heavy atom. The van der Waals surface area contributed by atoms with Gasteiger partial charge in [0.05, 0.1) is 22.1 Å². The highest BCUT2D eigenvalue weighted by Gasteiger charge is 2.73. The molecule has 2 aromatic rings. The first-order valence-electron chi connectivity index (χ1n) is 7.99. The number of hydrogen-bond acceptors (Lipinski definition) is 7. The van der Waals surface area contributed by atoms with Crippen molar-refractivity contribution in [2.24, 2.45) is 5.10 Å². The third kappa shape index (κ3) is 5.19. The van der Waals surface area contributed by atoms with Crippen molar-refractivity contribution in [2.45, 2.75) is 18.1 Å². The Kier molecular flexibility index (Phi) is 6.56. The van der Waals surface area contributed by atoms with Gasteiger partial charge >= 0.3 is 23.8 Å². The van der Waals surface area contributed by atoms with Crippen molar-refractivity contribution in [3.63, 3.8) is 0 Å². The van der Waals surface area contributed by atoms with Gasteiger partial charge in [0.1, 0.15) is 5.75 Å². The highest BCUT2D eigenvalue weighted by atomic mass is 19.4. The molecule has 0 unspecified atom stereocenters. The lowest BCUT2D eigenvalue weighted by Crippen LogP contribution is -2.58. The zero-order valence-electron chi connectivity index (χ0n) is 15.1. The van der Waals surface area contributed by atoms with Crippen LogP contribution in [0.2, 0.25) is 0 Å². The van der Waals surface area contributed by atoms with Gasteiger partial charge in [0.2, 0.25) is 5.75 Å². The molecule has 0 spiro atoms. The van der Waals surface area contributed by atoms with E-state index in [1.165, 1.54) is 0 Å². The largest absolute Gasteiger partial charge is 0.462 e. The van der Waals surface area contributed by atoms with E-state index in [9.17, 15) is 51.0 Å². The maximum absolute atomic E-state index is 13.1. The van der Waals surface area contributed by atoms with E-state index in [4.69, 9.17) is 4.74 Å². The molecule has 2 aromatic carbocycles. The van der Waals surface area contributed by atoms with Crippen LogP contribution in [0.4, 0.5) is 42.1 Å². The van der Waals surface area contributed by atoms with Crippen molar-refractivity contribution in [3.05, 3.63) is 68.3 Å². The van der Waals surface area contributed by atoms with E-state index < -0.39 is 39.4 Å². The molecule has 0 aliphatic heterocycles. The quantitative estimate of drug-likeness (QED) is 0.190. The average Bonchev–Trinajstić information content (AvgIpc) is 2.68. The minimum atomic E-state index is -6.52. The maximum atomic E-state index is 13.1. The predicted molar refractivity (Wildman–Crippen MR) is 92.9 cm³/mol. The number of nitrogens with one attached hydrogen (secondary N) is 1. The summed E-state index contributed by atoms with van der Waals surface area (Å²) >= 11 is 0. The smallest absolute Gasteiger partial charge is 0.450 e. The molecule has 32 heavy (non-hydrogen) atoms. The van der Waals surface area contributed by atoms with Gasteiger partial charge in [-0.05, 0) is 35.9 Å². The van der Waals surface area contributed by atoms with Gasteiger partial charge in [0.25, 0.3) is 5.69 Å². The first-order valence-corrected chi connectivity index (χ1v) is 7.99. The minimum absolute atomic E-state index is 0.0471. The molecule has 0 amide bonds. The van der Waals surface area contributed by atoms with Crippen LogP contribution < -0.4 is 10.2 Å². The molecule has 0 aliphatic carbocycles. The van der Waals surface area contributed by atoms with Gasteiger partial charge in [-0.2, -0.15) is 35.8 Å². The standard InChI is InChI=1S/C16H9F7N4O5/c17-14(18,15(19,20)21)16(22,23)25-24-8-9-1-4-11(5-2-9)32-13-6-3-10(26(28)29)7-12(13)27(30)31/h1-8,25H/b24-8+. The van der Waals surface area contributed by atoms with Gasteiger partial charge < -0.3 is 4.74 Å². The Labute approximate surface area is 172 Å². The summed E-state index contributed by atoms with van der Waals surface area (Å²) in [6.07, 6.45) is -6.00. The third-order valence-corrected chi connectivity index (χ3v) is 3.63. The molecule has 1 N–H and O–H groups in total. The SMILES string of the molecule is O=[N+]([O-])c1ccc(Oc2ccc(/C=N/NC(F)(F)C(F)(F)C(F)(F)F)cc2)c([N+](=O)[O-])c1. The summed E-state index contributed by atoms with van der Waals surface area (Å²) in [5.74, 6) is -6.80. The second-order valence-electron chi connectivity index (χ2n) is 5.85. The summed E-state index contributed by atoms with van der Waals surface area (Å²) < 4.78 is 93.0.